The summed E-state index contributed by atoms with van der Waals surface area (Å²) in [5, 5.41) is 6.84. The van der Waals surface area contributed by atoms with Crippen LogP contribution in [0.15, 0.2) is 23.2 Å². The Labute approximate surface area is 180 Å². The molecule has 2 aliphatic heterocycles. The third-order valence-corrected chi connectivity index (χ3v) is 5.24. The fourth-order valence-electron chi connectivity index (χ4n) is 3.56. The number of hydrogen-bond acceptors (Lipinski definition) is 4. The molecule has 2 heterocycles. The number of guanidine groups is 1. The highest BCUT2D eigenvalue weighted by Gasteiger charge is 2.21. The van der Waals surface area contributed by atoms with E-state index >= 15 is 0 Å². The van der Waals surface area contributed by atoms with Gasteiger partial charge in [-0.15, -0.1) is 24.0 Å². The lowest BCUT2D eigenvalue weighted by Gasteiger charge is -2.36. The second kappa shape index (κ2) is 11.1. The van der Waals surface area contributed by atoms with Crippen LogP contribution in [-0.4, -0.2) is 81.8 Å². The van der Waals surface area contributed by atoms with Crippen LogP contribution in [0.3, 0.4) is 0 Å². The fraction of sp³-hybridized carbons (Fsp3) is 0.650. The molecular formula is C20H34IN5O. The molecule has 152 valence electrons. The van der Waals surface area contributed by atoms with E-state index < -0.39 is 0 Å². The molecule has 0 amide bonds. The summed E-state index contributed by atoms with van der Waals surface area (Å²) < 4.78 is 5.58. The maximum atomic E-state index is 5.58. The first-order chi connectivity index (χ1) is 12.7. The summed E-state index contributed by atoms with van der Waals surface area (Å²) in [6.07, 6.45) is 2.02. The molecule has 1 saturated heterocycles. The first kappa shape index (κ1) is 22.2. The van der Waals surface area contributed by atoms with Crippen LogP contribution < -0.4 is 15.4 Å². The minimum atomic E-state index is 0. The zero-order valence-corrected chi connectivity index (χ0v) is 19.2. The second-order valence-corrected chi connectivity index (χ2v) is 7.33. The highest BCUT2D eigenvalue weighted by molar-refractivity contribution is 14.0. The lowest BCUT2D eigenvalue weighted by Crippen LogP contribution is -2.51. The average molecular weight is 487 g/mol. The summed E-state index contributed by atoms with van der Waals surface area (Å²) in [7, 11) is 4.39. The molecule has 7 heteroatoms. The molecule has 1 fully saturated rings. The molecule has 0 saturated carbocycles. The van der Waals surface area contributed by atoms with E-state index in [1.165, 1.54) is 11.1 Å². The largest absolute Gasteiger partial charge is 0.493 e. The van der Waals surface area contributed by atoms with Crippen molar-refractivity contribution in [3.8, 4) is 5.75 Å². The summed E-state index contributed by atoms with van der Waals surface area (Å²) in [4.78, 5) is 9.62. The maximum absolute atomic E-state index is 5.58. The molecule has 1 aromatic rings. The van der Waals surface area contributed by atoms with E-state index in [2.05, 4.69) is 59.7 Å². The molecule has 1 unspecified atom stereocenters. The van der Waals surface area contributed by atoms with Gasteiger partial charge in [0.05, 0.1) is 13.2 Å². The van der Waals surface area contributed by atoms with Crippen LogP contribution in [0.25, 0.3) is 0 Å². The van der Waals surface area contributed by atoms with Crippen molar-refractivity contribution in [3.05, 3.63) is 29.3 Å². The molecule has 0 bridgehead atoms. The number of rotatable bonds is 6. The van der Waals surface area contributed by atoms with E-state index in [-0.39, 0.29) is 24.0 Å². The molecule has 2 aliphatic rings. The average Bonchev–Trinajstić information content (AvgIpc) is 3.10. The molecule has 1 atom stereocenters. The van der Waals surface area contributed by atoms with Crippen molar-refractivity contribution < 1.29 is 4.74 Å². The smallest absolute Gasteiger partial charge is 0.191 e. The molecule has 1 aromatic carbocycles. The number of nitrogens with one attached hydrogen (secondary N) is 2. The van der Waals surface area contributed by atoms with Crippen molar-refractivity contribution in [2.45, 2.75) is 25.8 Å². The first-order valence-electron chi connectivity index (χ1n) is 9.81. The quantitative estimate of drug-likeness (QED) is 0.363. The number of piperazine rings is 1. The van der Waals surface area contributed by atoms with Crippen LogP contribution in [0.2, 0.25) is 0 Å². The second-order valence-electron chi connectivity index (χ2n) is 7.33. The van der Waals surface area contributed by atoms with Gasteiger partial charge in [0.1, 0.15) is 5.75 Å². The van der Waals surface area contributed by atoms with Gasteiger partial charge in [-0.1, -0.05) is 12.1 Å². The third kappa shape index (κ3) is 6.50. The predicted octanol–water partition coefficient (Wildman–Crippen LogP) is 1.58. The number of halogens is 1. The van der Waals surface area contributed by atoms with Crippen LogP contribution in [0.5, 0.6) is 5.75 Å². The Morgan fingerprint density at radius 1 is 1.26 bits per heavy atom. The van der Waals surface area contributed by atoms with Gasteiger partial charge in [-0.3, -0.25) is 9.89 Å². The fourth-order valence-corrected chi connectivity index (χ4v) is 3.56. The Morgan fingerprint density at radius 2 is 2.11 bits per heavy atom. The standard InChI is InChI=1S/C20H33N5O.HI/c1-4-21-20(23-14-18-15-24(2)10-11-25(18)3)22-9-7-16-5-6-19-17(13-16)8-12-26-19;/h5-6,13,18H,4,7-12,14-15H2,1-3H3,(H2,21,22,23);1H. The van der Waals surface area contributed by atoms with E-state index in [4.69, 9.17) is 9.73 Å². The van der Waals surface area contributed by atoms with Gasteiger partial charge in [0.25, 0.3) is 0 Å². The zero-order chi connectivity index (χ0) is 18.4. The van der Waals surface area contributed by atoms with Gasteiger partial charge in [-0.2, -0.15) is 0 Å². The van der Waals surface area contributed by atoms with Crippen LogP contribution in [0.4, 0.5) is 0 Å². The van der Waals surface area contributed by atoms with Gasteiger partial charge in [-0.25, -0.2) is 0 Å². The molecule has 3 rings (SSSR count). The maximum Gasteiger partial charge on any atom is 0.191 e. The molecule has 0 aliphatic carbocycles. The van der Waals surface area contributed by atoms with E-state index in [0.717, 1.165) is 70.4 Å². The van der Waals surface area contributed by atoms with Crippen molar-refractivity contribution in [2.24, 2.45) is 4.99 Å². The molecule has 27 heavy (non-hydrogen) atoms. The topological polar surface area (TPSA) is 52.1 Å². The van der Waals surface area contributed by atoms with Crippen LogP contribution in [0.1, 0.15) is 18.1 Å². The molecule has 0 spiro atoms. The normalized spacial score (nSPS) is 20.6. The lowest BCUT2D eigenvalue weighted by atomic mass is 10.1. The SMILES string of the molecule is CCNC(=NCC1CN(C)CCN1C)NCCc1ccc2c(c1)CCO2.I. The van der Waals surface area contributed by atoms with Gasteiger partial charge in [0.2, 0.25) is 0 Å². The van der Waals surface area contributed by atoms with Crippen molar-refractivity contribution in [2.75, 3.05) is 60.0 Å². The number of hydrogen-bond donors (Lipinski definition) is 2. The number of aliphatic imine (C=N–C) groups is 1. The Bertz CT molecular complexity index is 624. The summed E-state index contributed by atoms with van der Waals surface area (Å²) in [5.41, 5.74) is 2.69. The third-order valence-electron chi connectivity index (χ3n) is 5.24. The minimum absolute atomic E-state index is 0. The number of likely N-dealkylation sites (N-methyl/N-ethyl adjacent to an activating group) is 2. The Kier molecular flexibility index (Phi) is 9.11. The van der Waals surface area contributed by atoms with E-state index in [1.54, 1.807) is 0 Å². The van der Waals surface area contributed by atoms with Gasteiger partial charge in [0, 0.05) is 45.2 Å². The minimum Gasteiger partial charge on any atom is -0.493 e. The highest BCUT2D eigenvalue weighted by Crippen LogP contribution is 2.25. The highest BCUT2D eigenvalue weighted by atomic mass is 127. The summed E-state index contributed by atoms with van der Waals surface area (Å²) in [5.74, 6) is 1.97. The Morgan fingerprint density at radius 3 is 2.93 bits per heavy atom. The molecular weight excluding hydrogens is 453 g/mol. The number of benzene rings is 1. The van der Waals surface area contributed by atoms with Crippen molar-refractivity contribution in [3.63, 3.8) is 0 Å². The van der Waals surface area contributed by atoms with Crippen molar-refractivity contribution in [1.29, 1.82) is 0 Å². The van der Waals surface area contributed by atoms with Gasteiger partial charge < -0.3 is 20.3 Å². The van der Waals surface area contributed by atoms with Gasteiger partial charge in [0.15, 0.2) is 5.96 Å². The Hall–Kier alpha value is -1.06. The van der Waals surface area contributed by atoms with Crippen LogP contribution >= 0.6 is 24.0 Å². The molecule has 6 nitrogen and oxygen atoms in total. The first-order valence-corrected chi connectivity index (χ1v) is 9.81. The summed E-state index contributed by atoms with van der Waals surface area (Å²) in [6.45, 7) is 8.85. The molecule has 2 N–H and O–H groups in total. The number of ether oxygens (including phenoxy) is 1. The number of fused-ring (bicyclic) bond motifs is 1. The summed E-state index contributed by atoms with van der Waals surface area (Å²) >= 11 is 0. The monoisotopic (exact) mass is 487 g/mol. The summed E-state index contributed by atoms with van der Waals surface area (Å²) in [6, 6.07) is 7.04. The number of nitrogens with zero attached hydrogens (tertiary/aromatic N) is 3. The Balaban J connectivity index is 0.00000261. The zero-order valence-electron chi connectivity index (χ0n) is 16.8. The van der Waals surface area contributed by atoms with E-state index in [1.807, 2.05) is 0 Å². The van der Waals surface area contributed by atoms with E-state index in [0.29, 0.717) is 6.04 Å². The van der Waals surface area contributed by atoms with Gasteiger partial charge in [-0.05, 0) is 44.6 Å². The van der Waals surface area contributed by atoms with Gasteiger partial charge >= 0.3 is 0 Å². The van der Waals surface area contributed by atoms with Crippen LogP contribution in [0, 0.1) is 0 Å². The van der Waals surface area contributed by atoms with Crippen LogP contribution in [-0.2, 0) is 12.8 Å². The van der Waals surface area contributed by atoms with Crippen molar-refractivity contribution in [1.82, 2.24) is 20.4 Å². The van der Waals surface area contributed by atoms with E-state index in [9.17, 15) is 0 Å². The predicted molar refractivity (Wildman–Crippen MR) is 123 cm³/mol. The molecule has 0 radical (unpaired) electrons. The lowest BCUT2D eigenvalue weighted by molar-refractivity contribution is 0.119. The molecule has 0 aromatic heterocycles. The van der Waals surface area contributed by atoms with Crippen molar-refractivity contribution >= 4 is 29.9 Å².